The zero-order chi connectivity index (χ0) is 27.7. The highest BCUT2D eigenvalue weighted by molar-refractivity contribution is 7.90. The maximum atomic E-state index is 13.1. The molecule has 38 heavy (non-hydrogen) atoms. The molecule has 0 aliphatic carbocycles. The SMILES string of the molecule is CC(C)Nc1cc(Nc2ccnc(N3CCN(S(C)(=O)=O)CC3)n2)ncc1C(=O)N1CC(CS(C)(=O)=O)C1. The fourth-order valence-corrected chi connectivity index (χ4v) is 6.38. The van der Waals surface area contributed by atoms with Gasteiger partial charge in [0.25, 0.3) is 5.91 Å². The zero-order valence-corrected chi connectivity index (χ0v) is 23.6. The molecule has 15 heteroatoms. The van der Waals surface area contributed by atoms with Crippen molar-refractivity contribution in [1.82, 2.24) is 24.2 Å². The Labute approximate surface area is 223 Å². The average Bonchev–Trinajstić information content (AvgIpc) is 2.80. The van der Waals surface area contributed by atoms with Gasteiger partial charge in [0, 0.05) is 75.9 Å². The highest BCUT2D eigenvalue weighted by Crippen LogP contribution is 2.27. The second-order valence-corrected chi connectivity index (χ2v) is 14.3. The van der Waals surface area contributed by atoms with Gasteiger partial charge in [-0.3, -0.25) is 4.79 Å². The van der Waals surface area contributed by atoms with E-state index in [1.807, 2.05) is 18.7 Å². The summed E-state index contributed by atoms with van der Waals surface area (Å²) in [6, 6.07) is 3.50. The summed E-state index contributed by atoms with van der Waals surface area (Å²) in [7, 11) is -6.32. The van der Waals surface area contributed by atoms with Crippen LogP contribution in [0, 0.1) is 5.92 Å². The summed E-state index contributed by atoms with van der Waals surface area (Å²) in [5.41, 5.74) is 1.02. The quantitative estimate of drug-likeness (QED) is 0.439. The standard InChI is InChI=1S/C23H34N8O5S2/c1-16(2)26-19-11-21(25-12-18(19)22(32)30-13-17(14-30)15-37(3,33)34)27-20-5-6-24-23(28-20)29-7-9-31(10-8-29)38(4,35)36/h5-6,11-12,16-17H,7-10,13-15H2,1-4H3,(H2,24,25,26,27,28). The molecule has 2 fully saturated rings. The first-order valence-electron chi connectivity index (χ1n) is 12.3. The van der Waals surface area contributed by atoms with Crippen molar-refractivity contribution in [3.63, 3.8) is 0 Å². The van der Waals surface area contributed by atoms with Crippen LogP contribution in [0.2, 0.25) is 0 Å². The van der Waals surface area contributed by atoms with Gasteiger partial charge in [-0.05, 0) is 19.9 Å². The van der Waals surface area contributed by atoms with Crippen LogP contribution in [0.5, 0.6) is 0 Å². The minimum atomic E-state index is -3.23. The first-order valence-corrected chi connectivity index (χ1v) is 16.2. The summed E-state index contributed by atoms with van der Waals surface area (Å²) in [6.07, 6.45) is 5.54. The number of carbonyl (C=O) groups excluding carboxylic acids is 1. The van der Waals surface area contributed by atoms with Gasteiger partial charge in [0.05, 0.1) is 23.3 Å². The Bertz CT molecular complexity index is 1390. The summed E-state index contributed by atoms with van der Waals surface area (Å²) in [5.74, 6) is 1.30. The average molecular weight is 567 g/mol. The largest absolute Gasteiger partial charge is 0.382 e. The first kappa shape index (κ1) is 28.0. The molecule has 0 atom stereocenters. The van der Waals surface area contributed by atoms with Crippen molar-refractivity contribution in [2.24, 2.45) is 5.92 Å². The van der Waals surface area contributed by atoms with Crippen LogP contribution < -0.4 is 15.5 Å². The summed E-state index contributed by atoms with van der Waals surface area (Å²) in [5, 5.41) is 6.45. The van der Waals surface area contributed by atoms with Gasteiger partial charge >= 0.3 is 0 Å². The minimum absolute atomic E-state index is 0.0503. The van der Waals surface area contributed by atoms with Gasteiger partial charge in [0.2, 0.25) is 16.0 Å². The Kier molecular flexibility index (Phi) is 8.09. The monoisotopic (exact) mass is 566 g/mol. The van der Waals surface area contributed by atoms with E-state index in [1.54, 1.807) is 23.2 Å². The lowest BCUT2D eigenvalue weighted by atomic mass is 10.0. The number of hydrogen-bond acceptors (Lipinski definition) is 11. The fraction of sp³-hybridized carbons (Fsp3) is 0.565. The van der Waals surface area contributed by atoms with E-state index in [0.29, 0.717) is 68.1 Å². The van der Waals surface area contributed by atoms with Crippen molar-refractivity contribution in [3.8, 4) is 0 Å². The molecule has 0 spiro atoms. The van der Waals surface area contributed by atoms with Crippen LogP contribution in [0.4, 0.5) is 23.3 Å². The van der Waals surface area contributed by atoms with Crippen LogP contribution in [0.15, 0.2) is 24.5 Å². The molecule has 2 aromatic rings. The molecule has 0 radical (unpaired) electrons. The predicted octanol–water partition coefficient (Wildman–Crippen LogP) is 0.634. The van der Waals surface area contributed by atoms with E-state index in [9.17, 15) is 21.6 Å². The number of aromatic nitrogens is 3. The van der Waals surface area contributed by atoms with Crippen molar-refractivity contribution in [3.05, 3.63) is 30.1 Å². The zero-order valence-electron chi connectivity index (χ0n) is 22.0. The van der Waals surface area contributed by atoms with Crippen LogP contribution in [0.3, 0.4) is 0 Å². The Morgan fingerprint density at radius 3 is 2.34 bits per heavy atom. The Morgan fingerprint density at radius 2 is 1.74 bits per heavy atom. The molecule has 4 rings (SSSR count). The van der Waals surface area contributed by atoms with E-state index in [1.165, 1.54) is 23.0 Å². The molecule has 13 nitrogen and oxygen atoms in total. The summed E-state index contributed by atoms with van der Waals surface area (Å²) in [4.78, 5) is 30.0. The highest BCUT2D eigenvalue weighted by Gasteiger charge is 2.34. The third-order valence-electron chi connectivity index (χ3n) is 6.25. The summed E-state index contributed by atoms with van der Waals surface area (Å²) in [6.45, 7) is 6.43. The van der Waals surface area contributed by atoms with E-state index in [-0.39, 0.29) is 23.6 Å². The number of sulfonamides is 1. The van der Waals surface area contributed by atoms with E-state index in [0.717, 1.165) is 0 Å². The number of nitrogens with zero attached hydrogens (tertiary/aromatic N) is 6. The van der Waals surface area contributed by atoms with Gasteiger partial charge in [0.1, 0.15) is 21.5 Å². The fourth-order valence-electron chi connectivity index (χ4n) is 4.49. The highest BCUT2D eigenvalue weighted by atomic mass is 32.2. The number of piperazine rings is 1. The van der Waals surface area contributed by atoms with E-state index < -0.39 is 19.9 Å². The van der Waals surface area contributed by atoms with Crippen molar-refractivity contribution in [2.45, 2.75) is 19.9 Å². The number of carbonyl (C=O) groups is 1. The third kappa shape index (κ3) is 7.08. The van der Waals surface area contributed by atoms with E-state index in [4.69, 9.17) is 0 Å². The molecule has 2 aliphatic heterocycles. The van der Waals surface area contributed by atoms with Crippen molar-refractivity contribution in [2.75, 3.05) is 73.1 Å². The number of pyridine rings is 1. The Balaban J connectivity index is 1.45. The maximum absolute atomic E-state index is 13.1. The van der Waals surface area contributed by atoms with Gasteiger partial charge in [-0.1, -0.05) is 0 Å². The summed E-state index contributed by atoms with van der Waals surface area (Å²) < 4.78 is 48.1. The van der Waals surface area contributed by atoms with Crippen molar-refractivity contribution >= 4 is 49.0 Å². The Morgan fingerprint density at radius 1 is 1.05 bits per heavy atom. The summed E-state index contributed by atoms with van der Waals surface area (Å²) >= 11 is 0. The third-order valence-corrected chi connectivity index (χ3v) is 8.63. The number of rotatable bonds is 9. The number of anilines is 4. The molecule has 0 bridgehead atoms. The van der Waals surface area contributed by atoms with Gasteiger partial charge in [-0.2, -0.15) is 9.29 Å². The molecular formula is C23H34N8O5S2. The van der Waals surface area contributed by atoms with Crippen LogP contribution in [-0.4, -0.2) is 110 Å². The molecule has 2 saturated heterocycles. The van der Waals surface area contributed by atoms with Gasteiger partial charge in [0.15, 0.2) is 0 Å². The molecule has 2 aliphatic rings. The molecule has 4 heterocycles. The molecular weight excluding hydrogens is 532 g/mol. The van der Waals surface area contributed by atoms with Crippen molar-refractivity contribution in [1.29, 1.82) is 0 Å². The lowest BCUT2D eigenvalue weighted by Gasteiger charge is -2.39. The normalized spacial score (nSPS) is 17.4. The smallest absolute Gasteiger partial charge is 0.257 e. The maximum Gasteiger partial charge on any atom is 0.257 e. The number of amides is 1. The minimum Gasteiger partial charge on any atom is -0.382 e. The molecule has 0 aromatic carbocycles. The van der Waals surface area contributed by atoms with Crippen LogP contribution in [0.1, 0.15) is 24.2 Å². The molecule has 1 amide bonds. The van der Waals surface area contributed by atoms with Gasteiger partial charge < -0.3 is 20.4 Å². The van der Waals surface area contributed by atoms with Crippen LogP contribution >= 0.6 is 0 Å². The number of likely N-dealkylation sites (tertiary alicyclic amines) is 1. The second-order valence-electron chi connectivity index (χ2n) is 10.1. The Hall–Kier alpha value is -3.04. The van der Waals surface area contributed by atoms with Gasteiger partial charge in [-0.25, -0.2) is 26.8 Å². The molecule has 208 valence electrons. The van der Waals surface area contributed by atoms with Crippen LogP contribution in [-0.2, 0) is 19.9 Å². The topological polar surface area (TPSA) is 158 Å². The van der Waals surface area contributed by atoms with E-state index in [2.05, 4.69) is 25.6 Å². The molecule has 2 N–H and O–H groups in total. The first-order chi connectivity index (χ1) is 17.8. The van der Waals surface area contributed by atoms with Crippen molar-refractivity contribution < 1.29 is 21.6 Å². The number of nitrogens with one attached hydrogen (secondary N) is 2. The second kappa shape index (κ2) is 11.0. The number of hydrogen-bond donors (Lipinski definition) is 2. The number of sulfone groups is 1. The lowest BCUT2D eigenvalue weighted by molar-refractivity contribution is 0.0535. The predicted molar refractivity (Wildman–Crippen MR) is 146 cm³/mol. The molecule has 0 unspecified atom stereocenters. The van der Waals surface area contributed by atoms with Gasteiger partial charge in [-0.15, -0.1) is 0 Å². The molecule has 0 saturated carbocycles. The lowest BCUT2D eigenvalue weighted by Crippen LogP contribution is -2.52. The molecule has 2 aromatic heterocycles. The van der Waals surface area contributed by atoms with Crippen LogP contribution in [0.25, 0.3) is 0 Å². The van der Waals surface area contributed by atoms with E-state index >= 15 is 0 Å².